The predicted molar refractivity (Wildman–Crippen MR) is 124 cm³/mol. The zero-order valence-electron chi connectivity index (χ0n) is 18.9. The van der Waals surface area contributed by atoms with Gasteiger partial charge in [0.25, 0.3) is 0 Å². The van der Waals surface area contributed by atoms with Crippen molar-refractivity contribution in [2.24, 2.45) is 0 Å². The summed E-state index contributed by atoms with van der Waals surface area (Å²) in [5.74, 6) is 0.812. The van der Waals surface area contributed by atoms with Crippen molar-refractivity contribution >= 4 is 17.5 Å². The van der Waals surface area contributed by atoms with Crippen LogP contribution >= 0.6 is 0 Å². The number of para-hydroxylation sites is 2. The highest BCUT2D eigenvalue weighted by atomic mass is 16.5. The van der Waals surface area contributed by atoms with E-state index in [0.717, 1.165) is 35.4 Å². The Bertz CT molecular complexity index is 940. The van der Waals surface area contributed by atoms with Crippen molar-refractivity contribution < 1.29 is 14.3 Å². The van der Waals surface area contributed by atoms with Gasteiger partial charge in [-0.25, -0.2) is 0 Å². The topological polar surface area (TPSA) is 73.6 Å². The van der Waals surface area contributed by atoms with Gasteiger partial charge in [-0.1, -0.05) is 36.4 Å². The molecule has 0 bridgehead atoms. The van der Waals surface area contributed by atoms with Crippen LogP contribution in [0.1, 0.15) is 43.2 Å². The molecule has 6 heteroatoms. The van der Waals surface area contributed by atoms with Crippen LogP contribution in [0, 0.1) is 25.2 Å². The summed E-state index contributed by atoms with van der Waals surface area (Å²) in [6.45, 7) is 5.70. The van der Waals surface area contributed by atoms with Gasteiger partial charge in [0.15, 0.2) is 0 Å². The van der Waals surface area contributed by atoms with Gasteiger partial charge >= 0.3 is 0 Å². The summed E-state index contributed by atoms with van der Waals surface area (Å²) in [6.07, 6.45) is 2.23. The molecule has 0 unspecified atom stereocenters. The van der Waals surface area contributed by atoms with Gasteiger partial charge in [0.1, 0.15) is 11.9 Å². The third-order valence-electron chi connectivity index (χ3n) is 5.86. The SMILES string of the molecule is Cc1cccc(C)c1OC1CCN(C(=O)CCC(=O)N(CCC#N)c2ccccc2)CC1. The number of anilines is 1. The molecule has 1 aliphatic heterocycles. The molecule has 0 aliphatic carbocycles. The monoisotopic (exact) mass is 433 g/mol. The molecule has 3 rings (SSSR count). The standard InChI is InChI=1S/C26H31N3O3/c1-20-8-6-9-21(2)26(20)32-23-14-18-28(19-15-23)24(30)12-13-25(31)29(17-7-16-27)22-10-4-3-5-11-22/h3-6,8-11,23H,7,12-15,17-19H2,1-2H3. The van der Waals surface area contributed by atoms with Gasteiger partial charge in [-0.3, -0.25) is 9.59 Å². The molecule has 0 saturated carbocycles. The van der Waals surface area contributed by atoms with Crippen LogP contribution in [0.5, 0.6) is 5.75 Å². The number of hydrogen-bond donors (Lipinski definition) is 0. The van der Waals surface area contributed by atoms with Crippen LogP contribution in [-0.4, -0.2) is 42.5 Å². The lowest BCUT2D eigenvalue weighted by molar-refractivity contribution is -0.134. The highest BCUT2D eigenvalue weighted by molar-refractivity contribution is 5.95. The molecule has 0 aromatic heterocycles. The Morgan fingerprint density at radius 3 is 2.31 bits per heavy atom. The van der Waals surface area contributed by atoms with Crippen molar-refractivity contribution in [3.63, 3.8) is 0 Å². The van der Waals surface area contributed by atoms with Crippen molar-refractivity contribution in [2.45, 2.75) is 52.1 Å². The van der Waals surface area contributed by atoms with E-state index in [9.17, 15) is 9.59 Å². The van der Waals surface area contributed by atoms with Gasteiger partial charge in [-0.05, 0) is 37.1 Å². The number of ether oxygens (including phenoxy) is 1. The Hall–Kier alpha value is -3.33. The first-order valence-electron chi connectivity index (χ1n) is 11.2. The Balaban J connectivity index is 1.49. The van der Waals surface area contributed by atoms with E-state index in [-0.39, 0.29) is 37.2 Å². The summed E-state index contributed by atoms with van der Waals surface area (Å²) in [7, 11) is 0. The van der Waals surface area contributed by atoms with Crippen molar-refractivity contribution in [2.75, 3.05) is 24.5 Å². The number of hydrogen-bond acceptors (Lipinski definition) is 4. The van der Waals surface area contributed by atoms with Crippen LogP contribution in [-0.2, 0) is 9.59 Å². The predicted octanol–water partition coefficient (Wildman–Crippen LogP) is 4.40. The van der Waals surface area contributed by atoms with Crippen molar-refractivity contribution in [3.8, 4) is 11.8 Å². The Labute approximate surface area is 190 Å². The van der Waals surface area contributed by atoms with E-state index >= 15 is 0 Å². The number of aryl methyl sites for hydroxylation is 2. The molecule has 1 aliphatic rings. The van der Waals surface area contributed by atoms with E-state index in [1.165, 1.54) is 0 Å². The normalized spacial score (nSPS) is 14.0. The van der Waals surface area contributed by atoms with E-state index < -0.39 is 0 Å². The first-order chi connectivity index (χ1) is 15.5. The minimum absolute atomic E-state index is 0.00262. The zero-order chi connectivity index (χ0) is 22.9. The van der Waals surface area contributed by atoms with Crippen molar-refractivity contribution in [1.29, 1.82) is 5.26 Å². The minimum Gasteiger partial charge on any atom is -0.490 e. The van der Waals surface area contributed by atoms with Gasteiger partial charge < -0.3 is 14.5 Å². The Kier molecular flexibility index (Phi) is 8.27. The lowest BCUT2D eigenvalue weighted by atomic mass is 10.1. The molecule has 2 aromatic rings. The molecular formula is C26H31N3O3. The molecule has 0 N–H and O–H groups in total. The van der Waals surface area contributed by atoms with E-state index in [1.54, 1.807) is 4.90 Å². The first kappa shape index (κ1) is 23.3. The summed E-state index contributed by atoms with van der Waals surface area (Å²) < 4.78 is 6.24. The summed E-state index contributed by atoms with van der Waals surface area (Å²) in [5.41, 5.74) is 3.01. The summed E-state index contributed by atoms with van der Waals surface area (Å²) in [4.78, 5) is 28.9. The second-order valence-corrected chi connectivity index (χ2v) is 8.21. The Morgan fingerprint density at radius 1 is 1.03 bits per heavy atom. The van der Waals surface area contributed by atoms with Crippen LogP contribution in [0.4, 0.5) is 5.69 Å². The quantitative estimate of drug-likeness (QED) is 0.618. The van der Waals surface area contributed by atoms with Crippen LogP contribution < -0.4 is 9.64 Å². The van der Waals surface area contributed by atoms with Crippen LogP contribution in [0.15, 0.2) is 48.5 Å². The molecule has 2 amide bonds. The second-order valence-electron chi connectivity index (χ2n) is 8.21. The van der Waals surface area contributed by atoms with Gasteiger partial charge in [0.2, 0.25) is 11.8 Å². The third kappa shape index (κ3) is 6.10. The highest BCUT2D eigenvalue weighted by Crippen LogP contribution is 2.26. The lowest BCUT2D eigenvalue weighted by Gasteiger charge is -2.33. The van der Waals surface area contributed by atoms with Crippen LogP contribution in [0.3, 0.4) is 0 Å². The molecule has 0 atom stereocenters. The molecule has 32 heavy (non-hydrogen) atoms. The lowest BCUT2D eigenvalue weighted by Crippen LogP contribution is -2.42. The molecule has 1 saturated heterocycles. The third-order valence-corrected chi connectivity index (χ3v) is 5.86. The van der Waals surface area contributed by atoms with Crippen molar-refractivity contribution in [3.05, 3.63) is 59.7 Å². The molecule has 2 aromatic carbocycles. The van der Waals surface area contributed by atoms with Gasteiger partial charge in [0.05, 0.1) is 12.5 Å². The number of carbonyl (C=O) groups excluding carboxylic acids is 2. The van der Waals surface area contributed by atoms with E-state index in [4.69, 9.17) is 10.00 Å². The molecule has 168 valence electrons. The fourth-order valence-electron chi connectivity index (χ4n) is 4.05. The van der Waals surface area contributed by atoms with E-state index in [1.807, 2.05) is 67.3 Å². The molecule has 6 nitrogen and oxygen atoms in total. The highest BCUT2D eigenvalue weighted by Gasteiger charge is 2.25. The van der Waals surface area contributed by atoms with Crippen molar-refractivity contribution in [1.82, 2.24) is 4.90 Å². The fraction of sp³-hybridized carbons (Fsp3) is 0.423. The first-order valence-corrected chi connectivity index (χ1v) is 11.2. The number of nitrogens with zero attached hydrogens (tertiary/aromatic N) is 3. The average Bonchev–Trinajstić information content (AvgIpc) is 2.81. The Morgan fingerprint density at radius 2 is 1.69 bits per heavy atom. The van der Waals surface area contributed by atoms with Gasteiger partial charge in [-0.15, -0.1) is 0 Å². The van der Waals surface area contributed by atoms with E-state index in [0.29, 0.717) is 19.6 Å². The summed E-state index contributed by atoms with van der Waals surface area (Å²) >= 11 is 0. The van der Waals surface area contributed by atoms with Gasteiger partial charge in [-0.2, -0.15) is 5.26 Å². The molecular weight excluding hydrogens is 402 g/mol. The van der Waals surface area contributed by atoms with Gasteiger partial charge in [0, 0.05) is 51.0 Å². The smallest absolute Gasteiger partial charge is 0.227 e. The number of likely N-dealkylation sites (tertiary alicyclic amines) is 1. The number of piperidine rings is 1. The molecule has 1 heterocycles. The number of carbonyl (C=O) groups is 2. The van der Waals surface area contributed by atoms with Crippen LogP contribution in [0.2, 0.25) is 0 Å². The number of rotatable bonds is 8. The molecule has 0 radical (unpaired) electrons. The van der Waals surface area contributed by atoms with E-state index in [2.05, 4.69) is 6.07 Å². The van der Waals surface area contributed by atoms with Crippen LogP contribution in [0.25, 0.3) is 0 Å². The molecule has 1 fully saturated rings. The summed E-state index contributed by atoms with van der Waals surface area (Å²) in [5, 5.41) is 8.92. The summed E-state index contributed by atoms with van der Waals surface area (Å²) in [6, 6.07) is 17.5. The fourth-order valence-corrected chi connectivity index (χ4v) is 4.05. The largest absolute Gasteiger partial charge is 0.490 e. The minimum atomic E-state index is -0.131. The number of benzene rings is 2. The maximum Gasteiger partial charge on any atom is 0.227 e. The maximum absolute atomic E-state index is 12.8. The zero-order valence-corrected chi connectivity index (χ0v) is 18.9. The number of amides is 2. The second kappa shape index (κ2) is 11.3. The molecule has 0 spiro atoms. The number of nitriles is 1. The maximum atomic E-state index is 12.8. The average molecular weight is 434 g/mol.